The van der Waals surface area contributed by atoms with Crippen LogP contribution < -0.4 is 0 Å². The van der Waals surface area contributed by atoms with Crippen LogP contribution in [0.2, 0.25) is 0 Å². The number of hydrogen-bond donors (Lipinski definition) is 1. The van der Waals surface area contributed by atoms with Crippen LogP contribution in [0.3, 0.4) is 0 Å². The molecule has 0 aromatic rings. The predicted molar refractivity (Wildman–Crippen MR) is 57.1 cm³/mol. The fourth-order valence-electron chi connectivity index (χ4n) is 2.45. The normalized spacial score (nSPS) is 36.4. The second-order valence-corrected chi connectivity index (χ2v) is 4.72. The van der Waals surface area contributed by atoms with Gasteiger partial charge in [-0.15, -0.1) is 0 Å². The summed E-state index contributed by atoms with van der Waals surface area (Å²) in [6.45, 7) is 2.52. The van der Waals surface area contributed by atoms with Crippen LogP contribution in [0.1, 0.15) is 19.3 Å². The molecule has 2 rings (SSSR count). The maximum Gasteiger partial charge on any atom is 0.306 e. The van der Waals surface area contributed by atoms with Gasteiger partial charge in [-0.1, -0.05) is 0 Å². The zero-order valence-electron chi connectivity index (χ0n) is 9.59. The summed E-state index contributed by atoms with van der Waals surface area (Å²) in [6.07, 6.45) is 1.84. The largest absolute Gasteiger partial charge is 0.481 e. The third kappa shape index (κ3) is 2.93. The Bertz CT molecular complexity index is 258. The van der Waals surface area contributed by atoms with Gasteiger partial charge in [-0.2, -0.15) is 0 Å². The molecule has 16 heavy (non-hydrogen) atoms. The molecule has 0 bridgehead atoms. The topological polar surface area (TPSA) is 59.0 Å². The summed E-state index contributed by atoms with van der Waals surface area (Å²) in [5, 5.41) is 8.67. The van der Waals surface area contributed by atoms with Crippen LogP contribution in [0.4, 0.5) is 0 Å². The highest BCUT2D eigenvalue weighted by Gasteiger charge is 2.35. The zero-order valence-corrected chi connectivity index (χ0v) is 9.59. The summed E-state index contributed by atoms with van der Waals surface area (Å²) in [6, 6.07) is 0. The van der Waals surface area contributed by atoms with E-state index in [1.807, 2.05) is 0 Å². The number of hydrogen-bond acceptors (Lipinski definition) is 4. The van der Waals surface area contributed by atoms with Crippen molar-refractivity contribution in [2.24, 2.45) is 5.92 Å². The van der Waals surface area contributed by atoms with Crippen LogP contribution >= 0.6 is 0 Å². The molecule has 0 aliphatic carbocycles. The van der Waals surface area contributed by atoms with Crippen molar-refractivity contribution in [1.29, 1.82) is 0 Å². The Morgan fingerprint density at radius 2 is 2.38 bits per heavy atom. The van der Waals surface area contributed by atoms with E-state index in [9.17, 15) is 4.79 Å². The first kappa shape index (κ1) is 11.8. The Morgan fingerprint density at radius 3 is 3.06 bits per heavy atom. The van der Waals surface area contributed by atoms with Crippen molar-refractivity contribution in [2.75, 3.05) is 26.7 Å². The Labute approximate surface area is 95.3 Å². The van der Waals surface area contributed by atoms with E-state index in [2.05, 4.69) is 11.9 Å². The fraction of sp³-hybridized carbons (Fsp3) is 0.909. The maximum atomic E-state index is 10.5. The second kappa shape index (κ2) is 5.12. The smallest absolute Gasteiger partial charge is 0.306 e. The molecular formula is C11H19NO4. The molecule has 2 heterocycles. The van der Waals surface area contributed by atoms with E-state index in [1.54, 1.807) is 0 Å². The van der Waals surface area contributed by atoms with Crippen LogP contribution in [0.5, 0.6) is 0 Å². The number of likely N-dealkylation sites (tertiary alicyclic amines) is 1. The number of carboxylic acid groups (broad SMARTS) is 1. The fourth-order valence-corrected chi connectivity index (χ4v) is 2.45. The molecule has 2 aliphatic heterocycles. The van der Waals surface area contributed by atoms with Gasteiger partial charge in [0.05, 0.1) is 19.1 Å². The lowest BCUT2D eigenvalue weighted by atomic mass is 9.98. The van der Waals surface area contributed by atoms with Gasteiger partial charge in [0.15, 0.2) is 6.29 Å². The summed E-state index contributed by atoms with van der Waals surface area (Å²) in [5.74, 6) is -0.437. The zero-order chi connectivity index (χ0) is 11.5. The van der Waals surface area contributed by atoms with Crippen molar-refractivity contribution in [2.45, 2.75) is 31.7 Å². The maximum absolute atomic E-state index is 10.5. The highest BCUT2D eigenvalue weighted by molar-refractivity contribution is 5.67. The number of carbonyl (C=O) groups is 1. The van der Waals surface area contributed by atoms with Gasteiger partial charge >= 0.3 is 5.97 Å². The molecule has 0 radical (unpaired) electrons. The monoisotopic (exact) mass is 229 g/mol. The highest BCUT2D eigenvalue weighted by Crippen LogP contribution is 2.27. The summed E-state index contributed by atoms with van der Waals surface area (Å²) < 4.78 is 11.2. The molecule has 1 N–H and O–H groups in total. The van der Waals surface area contributed by atoms with Gasteiger partial charge < -0.3 is 19.5 Å². The van der Waals surface area contributed by atoms with Crippen molar-refractivity contribution in [3.8, 4) is 0 Å². The van der Waals surface area contributed by atoms with Crippen LogP contribution in [0, 0.1) is 5.92 Å². The first-order chi connectivity index (χ1) is 7.65. The number of nitrogens with zero attached hydrogens (tertiary/aromatic N) is 1. The SMILES string of the molecule is CN1CCCC(C2OCC(CC(=O)O)O2)C1. The van der Waals surface area contributed by atoms with E-state index in [0.717, 1.165) is 25.9 Å². The molecule has 5 heteroatoms. The van der Waals surface area contributed by atoms with Crippen molar-refractivity contribution in [3.63, 3.8) is 0 Å². The van der Waals surface area contributed by atoms with Crippen LogP contribution in [0.15, 0.2) is 0 Å². The first-order valence-corrected chi connectivity index (χ1v) is 5.82. The van der Waals surface area contributed by atoms with Crippen molar-refractivity contribution >= 4 is 5.97 Å². The van der Waals surface area contributed by atoms with Crippen LogP contribution in [0.25, 0.3) is 0 Å². The minimum Gasteiger partial charge on any atom is -0.481 e. The number of carboxylic acids is 1. The first-order valence-electron chi connectivity index (χ1n) is 5.82. The average molecular weight is 229 g/mol. The molecular weight excluding hydrogens is 210 g/mol. The number of rotatable bonds is 3. The summed E-state index contributed by atoms with van der Waals surface area (Å²) >= 11 is 0. The van der Waals surface area contributed by atoms with Crippen molar-refractivity contribution in [3.05, 3.63) is 0 Å². The molecule has 2 fully saturated rings. The van der Waals surface area contributed by atoms with E-state index in [4.69, 9.17) is 14.6 Å². The Hall–Kier alpha value is -0.650. The molecule has 2 saturated heterocycles. The van der Waals surface area contributed by atoms with Gasteiger partial charge in [0.1, 0.15) is 0 Å². The van der Waals surface area contributed by atoms with Crippen LogP contribution in [-0.2, 0) is 14.3 Å². The minimum atomic E-state index is -0.824. The van der Waals surface area contributed by atoms with Crippen molar-refractivity contribution in [1.82, 2.24) is 4.90 Å². The Morgan fingerprint density at radius 1 is 1.56 bits per heavy atom. The molecule has 3 atom stereocenters. The lowest BCUT2D eigenvalue weighted by Gasteiger charge is -2.32. The van der Waals surface area contributed by atoms with Gasteiger partial charge in [0.2, 0.25) is 0 Å². The summed E-state index contributed by atoms with van der Waals surface area (Å²) in [5.41, 5.74) is 0. The molecule has 3 unspecified atom stereocenters. The second-order valence-electron chi connectivity index (χ2n) is 4.72. The molecule has 0 aromatic heterocycles. The van der Waals surface area contributed by atoms with E-state index >= 15 is 0 Å². The quantitative estimate of drug-likeness (QED) is 0.765. The highest BCUT2D eigenvalue weighted by atomic mass is 16.7. The van der Waals surface area contributed by atoms with E-state index in [0.29, 0.717) is 12.5 Å². The van der Waals surface area contributed by atoms with Crippen LogP contribution in [-0.4, -0.2) is 55.1 Å². The Kier molecular flexibility index (Phi) is 3.78. The summed E-state index contributed by atoms with van der Waals surface area (Å²) in [7, 11) is 2.09. The minimum absolute atomic E-state index is 0.0407. The lowest BCUT2D eigenvalue weighted by molar-refractivity contribution is -0.142. The summed E-state index contributed by atoms with van der Waals surface area (Å²) in [4.78, 5) is 12.8. The van der Waals surface area contributed by atoms with Gasteiger partial charge in [-0.3, -0.25) is 4.79 Å². The molecule has 5 nitrogen and oxygen atoms in total. The number of ether oxygens (including phenoxy) is 2. The molecule has 0 spiro atoms. The molecule has 92 valence electrons. The van der Waals surface area contributed by atoms with E-state index in [1.165, 1.54) is 0 Å². The average Bonchev–Trinajstić information content (AvgIpc) is 2.65. The number of piperidine rings is 1. The third-order valence-electron chi connectivity index (χ3n) is 3.22. The Balaban J connectivity index is 1.81. The molecule has 0 aromatic carbocycles. The van der Waals surface area contributed by atoms with Gasteiger partial charge in [0.25, 0.3) is 0 Å². The standard InChI is InChI=1S/C11H19NO4/c1-12-4-2-3-8(6-12)11-15-7-9(16-11)5-10(13)14/h8-9,11H,2-7H2,1H3,(H,13,14). The third-order valence-corrected chi connectivity index (χ3v) is 3.22. The van der Waals surface area contributed by atoms with Gasteiger partial charge in [0, 0.05) is 12.5 Å². The van der Waals surface area contributed by atoms with Gasteiger partial charge in [-0.05, 0) is 26.4 Å². The van der Waals surface area contributed by atoms with E-state index in [-0.39, 0.29) is 18.8 Å². The molecule has 2 aliphatic rings. The van der Waals surface area contributed by atoms with Gasteiger partial charge in [-0.25, -0.2) is 0 Å². The molecule has 0 saturated carbocycles. The predicted octanol–water partition coefficient (Wildman–Crippen LogP) is 0.544. The van der Waals surface area contributed by atoms with Crippen molar-refractivity contribution < 1.29 is 19.4 Å². The molecule has 0 amide bonds. The number of aliphatic carboxylic acids is 1. The van der Waals surface area contributed by atoms with E-state index < -0.39 is 5.97 Å². The lowest BCUT2D eigenvalue weighted by Crippen LogP contribution is -2.38.